The highest BCUT2D eigenvalue weighted by atomic mass is 32.2. The summed E-state index contributed by atoms with van der Waals surface area (Å²) in [5.41, 5.74) is 17.5. The van der Waals surface area contributed by atoms with Crippen LogP contribution in [0.5, 0.6) is 0 Å². The molecular formula is C45H69N15O10S2. The number of aliphatic imine (C=N–C) groups is 1. The molecule has 1 aromatic heterocycles. The van der Waals surface area contributed by atoms with Gasteiger partial charge in [-0.15, -0.1) is 11.8 Å². The number of carbonyl (C=O) groups is 10. The standard InChI is InChI=1S/C45H69N15O10S2/c1-7-24(2)36(59-41(68)31(55-26(4)61)17-28-18-49-23-53-28)43(70)52-20-35(63)60-33(22-72-45(60,5)6)42(69)51-19-34(62)56-29(14-11-15-50-44(47)48)39(66)54-25(3)38(65)57-30(16-27-12-9-8-10-13-27)40(67)58-32(21-71)37(46)64/h8-10,12-13,18,23-25,29-33,36,71H,7,11,14-17,19-22H2,1-6H3,(H2,46,64)(H,49,53)(H,51,69)(H,52,70)(H,54,66)(H,55,61)(H,56,62)(H,57,65)(H,58,67)(H,59,68)(H4,47,48,50)/t24-,25-,29-,30-,31-,32-,33-,36-/m0/s1. The number of rotatable bonds is 28. The molecule has 396 valence electrons. The molecule has 0 radical (unpaired) electrons. The number of primary amides is 1. The molecule has 25 nitrogen and oxygen atoms in total. The van der Waals surface area contributed by atoms with E-state index in [0.717, 1.165) is 0 Å². The molecule has 0 saturated carbocycles. The van der Waals surface area contributed by atoms with E-state index in [2.05, 4.69) is 70.1 Å². The summed E-state index contributed by atoms with van der Waals surface area (Å²) in [6.45, 7) is 8.54. The molecule has 8 atom stereocenters. The lowest BCUT2D eigenvalue weighted by Gasteiger charge is -2.34. The molecule has 10 amide bonds. The molecule has 1 aliphatic rings. The Morgan fingerprint density at radius 1 is 0.819 bits per heavy atom. The van der Waals surface area contributed by atoms with Crippen LogP contribution in [0.3, 0.4) is 0 Å². The molecule has 3 rings (SSSR count). The number of aromatic nitrogens is 2. The average molecular weight is 1040 g/mol. The summed E-state index contributed by atoms with van der Waals surface area (Å²) in [5, 5.41) is 20.6. The first-order chi connectivity index (χ1) is 34.0. The van der Waals surface area contributed by atoms with Crippen LogP contribution in [0.2, 0.25) is 0 Å². The first-order valence-corrected chi connectivity index (χ1v) is 24.9. The number of carbonyl (C=O) groups excluding carboxylic acids is 10. The molecule has 0 aliphatic carbocycles. The van der Waals surface area contributed by atoms with Gasteiger partial charge in [0.05, 0.1) is 24.3 Å². The lowest BCUT2D eigenvalue weighted by molar-refractivity contribution is -0.142. The van der Waals surface area contributed by atoms with E-state index < -0.39 is 125 Å². The number of nitrogens with zero attached hydrogens (tertiary/aromatic N) is 3. The molecule has 0 bridgehead atoms. The minimum Gasteiger partial charge on any atom is -0.370 e. The number of guanidine groups is 1. The van der Waals surface area contributed by atoms with Crippen molar-refractivity contribution in [3.8, 4) is 0 Å². The Kier molecular flexibility index (Phi) is 23.8. The Morgan fingerprint density at radius 3 is 2.06 bits per heavy atom. The molecule has 72 heavy (non-hydrogen) atoms. The summed E-state index contributed by atoms with van der Waals surface area (Å²) >= 11 is 5.36. The van der Waals surface area contributed by atoms with Gasteiger partial charge >= 0.3 is 0 Å². The van der Waals surface area contributed by atoms with Crippen molar-refractivity contribution >= 4 is 89.4 Å². The largest absolute Gasteiger partial charge is 0.370 e. The number of imidazole rings is 1. The van der Waals surface area contributed by atoms with Crippen LogP contribution in [0.25, 0.3) is 0 Å². The summed E-state index contributed by atoms with van der Waals surface area (Å²) in [4.78, 5) is 143. The molecule has 27 heteroatoms. The quantitative estimate of drug-likeness (QED) is 0.0171. The van der Waals surface area contributed by atoms with Crippen LogP contribution in [0.15, 0.2) is 47.8 Å². The second-order valence-electron chi connectivity index (χ2n) is 17.6. The van der Waals surface area contributed by atoms with Crippen molar-refractivity contribution in [2.45, 2.75) is 121 Å². The lowest BCUT2D eigenvalue weighted by atomic mass is 9.97. The van der Waals surface area contributed by atoms with Crippen LogP contribution in [0, 0.1) is 5.92 Å². The minimum atomic E-state index is -1.27. The third kappa shape index (κ3) is 19.0. The number of thioether (sulfide) groups is 1. The number of nitrogens with two attached hydrogens (primary N) is 3. The predicted octanol–water partition coefficient (Wildman–Crippen LogP) is -3.43. The highest BCUT2D eigenvalue weighted by Gasteiger charge is 2.46. The number of benzene rings is 1. The summed E-state index contributed by atoms with van der Waals surface area (Å²) in [6, 6.07) is 0.656. The fourth-order valence-corrected chi connectivity index (χ4v) is 8.88. The molecular weight excluding hydrogens is 975 g/mol. The maximum Gasteiger partial charge on any atom is 0.244 e. The number of amides is 10. The smallest absolute Gasteiger partial charge is 0.244 e. The lowest BCUT2D eigenvalue weighted by Crippen LogP contribution is -2.59. The van der Waals surface area contributed by atoms with E-state index in [1.807, 2.05) is 6.92 Å². The minimum absolute atomic E-state index is 0.0159. The van der Waals surface area contributed by atoms with Gasteiger partial charge in [-0.3, -0.25) is 52.9 Å². The van der Waals surface area contributed by atoms with E-state index in [-0.39, 0.29) is 49.7 Å². The fraction of sp³-hybridized carbons (Fsp3) is 0.556. The number of hydrogen-bond acceptors (Lipinski definition) is 14. The maximum absolute atomic E-state index is 13.8. The zero-order chi connectivity index (χ0) is 53.7. The van der Waals surface area contributed by atoms with Crippen molar-refractivity contribution in [2.75, 3.05) is 31.1 Å². The fourth-order valence-electron chi connectivity index (χ4n) is 7.37. The van der Waals surface area contributed by atoms with Gasteiger partial charge in [0.1, 0.15) is 42.3 Å². The van der Waals surface area contributed by atoms with Crippen molar-refractivity contribution in [2.24, 2.45) is 28.1 Å². The van der Waals surface area contributed by atoms with Crippen molar-refractivity contribution in [3.05, 3.63) is 54.1 Å². The number of hydrogen-bond donors (Lipinski definition) is 13. The summed E-state index contributed by atoms with van der Waals surface area (Å²) in [7, 11) is 0. The van der Waals surface area contributed by atoms with Crippen molar-refractivity contribution in [1.82, 2.24) is 57.4 Å². The summed E-state index contributed by atoms with van der Waals surface area (Å²) < 4.78 is 0. The number of thiol groups is 1. The van der Waals surface area contributed by atoms with Crippen LogP contribution in [0.1, 0.15) is 72.1 Å². The number of nitrogens with one attached hydrogen (secondary N) is 9. The maximum atomic E-state index is 13.8. The monoisotopic (exact) mass is 1040 g/mol. The normalized spacial score (nSPS) is 16.7. The Morgan fingerprint density at radius 2 is 1.46 bits per heavy atom. The average Bonchev–Trinajstić information content (AvgIpc) is 3.97. The van der Waals surface area contributed by atoms with Gasteiger partial charge in [0.25, 0.3) is 0 Å². The van der Waals surface area contributed by atoms with Gasteiger partial charge in [0.2, 0.25) is 59.1 Å². The second-order valence-corrected chi connectivity index (χ2v) is 19.6. The molecule has 1 saturated heterocycles. The molecule has 0 unspecified atom stereocenters. The van der Waals surface area contributed by atoms with Gasteiger partial charge in [-0.1, -0.05) is 50.6 Å². The SMILES string of the molecule is CC[C@H](C)[C@H](NC(=O)[C@H](Cc1cnc[nH]1)NC(C)=O)C(=O)NCC(=O)N1[C@H](C(=O)NCC(=O)N[C@@H](CCCN=C(N)N)C(=O)N[C@@H](C)C(=O)N[C@@H](Cc2ccccc2)C(=O)N[C@@H](CS)C(N)=O)CSC1(C)C. The highest BCUT2D eigenvalue weighted by Crippen LogP contribution is 2.39. The highest BCUT2D eigenvalue weighted by molar-refractivity contribution is 8.00. The first kappa shape index (κ1) is 59.4. The van der Waals surface area contributed by atoms with Gasteiger partial charge in [-0.25, -0.2) is 4.98 Å². The summed E-state index contributed by atoms with van der Waals surface area (Å²) in [5.74, 6) is -7.54. The van der Waals surface area contributed by atoms with Crippen LogP contribution >= 0.6 is 24.4 Å². The van der Waals surface area contributed by atoms with Crippen LogP contribution < -0.4 is 59.7 Å². The Bertz CT molecular complexity index is 2250. The predicted molar refractivity (Wildman–Crippen MR) is 271 cm³/mol. The van der Waals surface area contributed by atoms with E-state index >= 15 is 0 Å². The third-order valence-corrected chi connectivity index (χ3v) is 13.2. The van der Waals surface area contributed by atoms with Crippen molar-refractivity contribution in [1.29, 1.82) is 0 Å². The first-order valence-electron chi connectivity index (χ1n) is 23.2. The molecule has 2 aromatic rings. The van der Waals surface area contributed by atoms with E-state index in [9.17, 15) is 47.9 Å². The van der Waals surface area contributed by atoms with Gasteiger partial charge < -0.3 is 69.6 Å². The van der Waals surface area contributed by atoms with Crippen LogP contribution in [-0.2, 0) is 60.8 Å². The van der Waals surface area contributed by atoms with Crippen LogP contribution in [0.4, 0.5) is 0 Å². The van der Waals surface area contributed by atoms with Crippen LogP contribution in [-0.4, -0.2) is 158 Å². The van der Waals surface area contributed by atoms with Gasteiger partial charge in [-0.2, -0.15) is 12.6 Å². The molecule has 15 N–H and O–H groups in total. The van der Waals surface area contributed by atoms with Crippen molar-refractivity contribution < 1.29 is 47.9 Å². The van der Waals surface area contributed by atoms with Gasteiger partial charge in [0, 0.05) is 49.7 Å². The Hall–Kier alpha value is -6.90. The molecule has 1 aliphatic heterocycles. The molecule has 0 spiro atoms. The zero-order valence-electron chi connectivity index (χ0n) is 41.2. The second kappa shape index (κ2) is 28.8. The Labute approximate surface area is 427 Å². The van der Waals surface area contributed by atoms with E-state index in [1.165, 1.54) is 43.0 Å². The number of aromatic amines is 1. The van der Waals surface area contributed by atoms with Gasteiger partial charge in [-0.05, 0) is 45.1 Å². The number of H-pyrrole nitrogens is 1. The van der Waals surface area contributed by atoms with Crippen molar-refractivity contribution in [3.63, 3.8) is 0 Å². The van der Waals surface area contributed by atoms with Gasteiger partial charge in [0.15, 0.2) is 5.96 Å². The molecule has 1 fully saturated rings. The van der Waals surface area contributed by atoms with E-state index in [0.29, 0.717) is 17.7 Å². The molecule has 1 aromatic carbocycles. The topological polar surface area (TPSA) is 389 Å². The summed E-state index contributed by atoms with van der Waals surface area (Å²) in [6.07, 6.45) is 3.68. The zero-order valence-corrected chi connectivity index (χ0v) is 43.0. The third-order valence-electron chi connectivity index (χ3n) is 11.5. The Balaban J connectivity index is 1.67. The van der Waals surface area contributed by atoms with E-state index in [4.69, 9.17) is 17.2 Å². The molecule has 2 heterocycles. The van der Waals surface area contributed by atoms with E-state index in [1.54, 1.807) is 51.1 Å².